The lowest BCUT2D eigenvalue weighted by molar-refractivity contribution is -0.115. The average molecular weight is 322 g/mol. The molecule has 2 fully saturated rings. The highest BCUT2D eigenvalue weighted by Crippen LogP contribution is 2.37. The molecule has 128 valence electrons. The van der Waals surface area contributed by atoms with Crippen LogP contribution >= 0.6 is 0 Å². The topological polar surface area (TPSA) is 57.2 Å². The Morgan fingerprint density at radius 3 is 2.61 bits per heavy atom. The largest absolute Gasteiger partial charge is 0.491 e. The van der Waals surface area contributed by atoms with Crippen LogP contribution in [0.3, 0.4) is 0 Å². The lowest BCUT2D eigenvalue weighted by Gasteiger charge is -2.31. The van der Waals surface area contributed by atoms with Gasteiger partial charge >= 0.3 is 0 Å². The van der Waals surface area contributed by atoms with E-state index in [9.17, 15) is 5.11 Å². The molecule has 2 aliphatic rings. The molecule has 2 aliphatic heterocycles. The summed E-state index contributed by atoms with van der Waals surface area (Å²) in [5, 5.41) is 9.82. The van der Waals surface area contributed by atoms with E-state index >= 15 is 0 Å². The number of ether oxygens (including phenoxy) is 4. The zero-order valence-corrected chi connectivity index (χ0v) is 13.6. The first-order chi connectivity index (χ1) is 11.3. The molecule has 0 unspecified atom stereocenters. The fourth-order valence-electron chi connectivity index (χ4n) is 3.48. The molecule has 23 heavy (non-hydrogen) atoms. The van der Waals surface area contributed by atoms with Crippen LogP contribution in [0, 0.1) is 0 Å². The van der Waals surface area contributed by atoms with E-state index in [2.05, 4.69) is 0 Å². The Kier molecular flexibility index (Phi) is 5.89. The highest BCUT2D eigenvalue weighted by atomic mass is 16.5. The molecule has 1 aromatic rings. The summed E-state index contributed by atoms with van der Waals surface area (Å²) in [7, 11) is 1.65. The molecule has 2 bridgehead atoms. The number of hydrogen-bond donors (Lipinski definition) is 1. The number of benzene rings is 1. The van der Waals surface area contributed by atoms with E-state index in [0.717, 1.165) is 37.0 Å². The summed E-state index contributed by atoms with van der Waals surface area (Å²) in [5.41, 5.74) is 0.893. The van der Waals surface area contributed by atoms with Gasteiger partial charge in [-0.1, -0.05) is 18.2 Å². The van der Waals surface area contributed by atoms with E-state index in [0.29, 0.717) is 25.4 Å². The molecule has 5 nitrogen and oxygen atoms in total. The van der Waals surface area contributed by atoms with Crippen molar-refractivity contribution in [2.45, 2.75) is 50.1 Å². The smallest absolute Gasteiger partial charge is 0.125 e. The molecule has 0 saturated carbocycles. The fourth-order valence-corrected chi connectivity index (χ4v) is 3.48. The molecule has 0 amide bonds. The zero-order chi connectivity index (χ0) is 16.1. The Balaban J connectivity index is 1.65. The zero-order valence-electron chi connectivity index (χ0n) is 13.6. The van der Waals surface area contributed by atoms with Crippen LogP contribution in [0.4, 0.5) is 0 Å². The molecule has 5 heteroatoms. The second-order valence-corrected chi connectivity index (χ2v) is 6.24. The Hall–Kier alpha value is -1.14. The van der Waals surface area contributed by atoms with Crippen LogP contribution < -0.4 is 4.74 Å². The Bertz CT molecular complexity index is 480. The number of rotatable bonds is 8. The lowest BCUT2D eigenvalue weighted by atomic mass is 10.0. The monoisotopic (exact) mass is 322 g/mol. The van der Waals surface area contributed by atoms with Crippen molar-refractivity contribution in [2.24, 2.45) is 0 Å². The van der Waals surface area contributed by atoms with E-state index in [1.165, 1.54) is 0 Å². The van der Waals surface area contributed by atoms with Crippen molar-refractivity contribution in [3.63, 3.8) is 0 Å². The fraction of sp³-hybridized carbons (Fsp3) is 0.667. The van der Waals surface area contributed by atoms with Gasteiger partial charge in [-0.15, -0.1) is 0 Å². The molecule has 3 rings (SSSR count). The van der Waals surface area contributed by atoms with Gasteiger partial charge in [0.15, 0.2) is 0 Å². The van der Waals surface area contributed by atoms with Gasteiger partial charge in [0.05, 0.1) is 31.5 Å². The Morgan fingerprint density at radius 1 is 1.17 bits per heavy atom. The standard InChI is InChI=1S/C18H26O5/c1-20-8-9-21-17-5-3-2-4-16(17)18(12-19)23-15-10-13-6-7-14(11-15)22-13/h2-5,13-15,18-19H,6-12H2,1H3/t13-,14+,15+,18-/m0/s1. The first kappa shape index (κ1) is 16.7. The number of hydrogen-bond acceptors (Lipinski definition) is 5. The number of methoxy groups -OCH3 is 1. The quantitative estimate of drug-likeness (QED) is 0.745. The highest BCUT2D eigenvalue weighted by molar-refractivity contribution is 5.35. The third-order valence-electron chi connectivity index (χ3n) is 4.58. The minimum atomic E-state index is -0.365. The van der Waals surface area contributed by atoms with Crippen molar-refractivity contribution < 1.29 is 24.1 Å². The molecule has 0 aromatic heterocycles. The summed E-state index contributed by atoms with van der Waals surface area (Å²) in [6.07, 6.45) is 4.52. The van der Waals surface area contributed by atoms with Gasteiger partial charge in [0.1, 0.15) is 18.5 Å². The number of aliphatic hydroxyl groups excluding tert-OH is 1. The maximum atomic E-state index is 9.82. The maximum Gasteiger partial charge on any atom is 0.125 e. The van der Waals surface area contributed by atoms with Crippen LogP contribution in [0.2, 0.25) is 0 Å². The first-order valence-corrected chi connectivity index (χ1v) is 8.42. The minimum absolute atomic E-state index is 0.0582. The van der Waals surface area contributed by atoms with Crippen molar-refractivity contribution in [1.29, 1.82) is 0 Å². The van der Waals surface area contributed by atoms with Crippen molar-refractivity contribution in [1.82, 2.24) is 0 Å². The molecule has 0 spiro atoms. The summed E-state index contributed by atoms with van der Waals surface area (Å²) in [6, 6.07) is 7.73. The van der Waals surface area contributed by atoms with Gasteiger partial charge in [0.25, 0.3) is 0 Å². The summed E-state index contributed by atoms with van der Waals surface area (Å²) in [5.74, 6) is 0.749. The third kappa shape index (κ3) is 4.23. The number of fused-ring (bicyclic) bond motifs is 2. The highest BCUT2D eigenvalue weighted by Gasteiger charge is 2.36. The molecule has 4 atom stereocenters. The van der Waals surface area contributed by atoms with Gasteiger partial charge in [-0.05, 0) is 31.7 Å². The Morgan fingerprint density at radius 2 is 1.91 bits per heavy atom. The third-order valence-corrected chi connectivity index (χ3v) is 4.58. The lowest BCUT2D eigenvalue weighted by Crippen LogP contribution is -2.32. The van der Waals surface area contributed by atoms with Gasteiger partial charge in [0.2, 0.25) is 0 Å². The van der Waals surface area contributed by atoms with E-state index in [1.54, 1.807) is 7.11 Å². The van der Waals surface area contributed by atoms with E-state index in [1.807, 2.05) is 24.3 Å². The summed E-state index contributed by atoms with van der Waals surface area (Å²) >= 11 is 0. The van der Waals surface area contributed by atoms with Gasteiger partial charge in [-0.25, -0.2) is 0 Å². The second-order valence-electron chi connectivity index (χ2n) is 6.24. The van der Waals surface area contributed by atoms with Gasteiger partial charge in [-0.2, -0.15) is 0 Å². The van der Waals surface area contributed by atoms with E-state index < -0.39 is 0 Å². The van der Waals surface area contributed by atoms with Crippen LogP contribution in [0.15, 0.2) is 24.3 Å². The maximum absolute atomic E-state index is 9.82. The van der Waals surface area contributed by atoms with Crippen LogP contribution in [0.1, 0.15) is 37.4 Å². The van der Waals surface area contributed by atoms with E-state index in [4.69, 9.17) is 18.9 Å². The predicted octanol–water partition coefficient (Wildman–Crippen LogP) is 2.47. The predicted molar refractivity (Wildman–Crippen MR) is 85.6 cm³/mol. The summed E-state index contributed by atoms with van der Waals surface area (Å²) in [6.45, 7) is 0.951. The SMILES string of the molecule is COCCOc1ccccc1[C@H](CO)O[C@H]1C[C@H]2CC[C@@H](C1)O2. The molecular weight excluding hydrogens is 296 g/mol. The van der Waals surface area contributed by atoms with Crippen LogP contribution in [-0.2, 0) is 14.2 Å². The van der Waals surface area contributed by atoms with Crippen LogP contribution in [0.5, 0.6) is 5.75 Å². The van der Waals surface area contributed by atoms with Gasteiger partial charge in [0, 0.05) is 12.7 Å². The first-order valence-electron chi connectivity index (χ1n) is 8.42. The van der Waals surface area contributed by atoms with E-state index in [-0.39, 0.29) is 18.8 Å². The molecule has 2 saturated heterocycles. The normalized spacial score (nSPS) is 27.8. The molecule has 0 aliphatic carbocycles. The van der Waals surface area contributed by atoms with Crippen molar-refractivity contribution in [2.75, 3.05) is 26.9 Å². The van der Waals surface area contributed by atoms with Crippen molar-refractivity contribution >= 4 is 0 Å². The van der Waals surface area contributed by atoms with Crippen LogP contribution in [0.25, 0.3) is 0 Å². The molecule has 1 N–H and O–H groups in total. The molecule has 2 heterocycles. The molecule has 1 aromatic carbocycles. The summed E-state index contributed by atoms with van der Waals surface area (Å²) < 4.78 is 22.9. The Labute approximate surface area is 137 Å². The van der Waals surface area contributed by atoms with Gasteiger partial charge < -0.3 is 24.1 Å². The minimum Gasteiger partial charge on any atom is -0.491 e. The summed E-state index contributed by atoms with van der Waals surface area (Å²) in [4.78, 5) is 0. The van der Waals surface area contributed by atoms with Crippen molar-refractivity contribution in [3.05, 3.63) is 29.8 Å². The second kappa shape index (κ2) is 8.11. The molecular formula is C18H26O5. The molecule has 0 radical (unpaired) electrons. The number of aliphatic hydroxyl groups is 1. The van der Waals surface area contributed by atoms with Crippen molar-refractivity contribution in [3.8, 4) is 5.75 Å². The average Bonchev–Trinajstić information content (AvgIpc) is 2.92. The van der Waals surface area contributed by atoms with Gasteiger partial charge in [-0.3, -0.25) is 0 Å². The van der Waals surface area contributed by atoms with Crippen LogP contribution in [-0.4, -0.2) is 50.3 Å². The number of para-hydroxylation sites is 1.